The van der Waals surface area contributed by atoms with Gasteiger partial charge in [0, 0.05) is 40.1 Å². The predicted molar refractivity (Wildman–Crippen MR) is 130 cm³/mol. The van der Waals surface area contributed by atoms with Crippen molar-refractivity contribution in [2.24, 2.45) is 0 Å². The zero-order valence-electron chi connectivity index (χ0n) is 17.8. The number of carboxylic acid groups (broad SMARTS) is 1. The molecule has 0 unspecified atom stereocenters. The molecule has 0 saturated heterocycles. The lowest BCUT2D eigenvalue weighted by molar-refractivity contribution is -0.139. The maximum Gasteiger partial charge on any atom is 0.321 e. The van der Waals surface area contributed by atoms with E-state index in [-0.39, 0.29) is 0 Å². The molecular formula is C26H25BrN2O3. The molecule has 0 aliphatic rings. The van der Waals surface area contributed by atoms with Crippen molar-refractivity contribution in [1.29, 1.82) is 0 Å². The average molecular weight is 493 g/mol. The van der Waals surface area contributed by atoms with Gasteiger partial charge in [-0.3, -0.25) is 10.1 Å². The van der Waals surface area contributed by atoms with Crippen LogP contribution in [0.3, 0.4) is 0 Å². The van der Waals surface area contributed by atoms with E-state index in [0.717, 1.165) is 37.8 Å². The molecule has 1 heterocycles. The molecule has 6 heteroatoms. The number of aliphatic carboxylic acids is 1. The van der Waals surface area contributed by atoms with Crippen LogP contribution in [0.4, 0.5) is 0 Å². The number of fused-ring (bicyclic) bond motifs is 1. The minimum atomic E-state index is -0.882. The van der Waals surface area contributed by atoms with Gasteiger partial charge in [-0.05, 0) is 42.3 Å². The number of hydrogen-bond acceptors (Lipinski definition) is 3. The second-order valence-corrected chi connectivity index (χ2v) is 8.78. The Kier molecular flexibility index (Phi) is 6.93. The fourth-order valence-electron chi connectivity index (χ4n) is 3.79. The number of para-hydroxylation sites is 1. The van der Waals surface area contributed by atoms with E-state index in [9.17, 15) is 9.90 Å². The minimum Gasteiger partial charge on any atom is -0.489 e. The Labute approximate surface area is 195 Å². The van der Waals surface area contributed by atoms with Crippen LogP contribution in [0.1, 0.15) is 22.3 Å². The number of ether oxygens (including phenoxy) is 1. The van der Waals surface area contributed by atoms with E-state index >= 15 is 0 Å². The molecule has 0 bridgehead atoms. The largest absolute Gasteiger partial charge is 0.489 e. The van der Waals surface area contributed by atoms with Crippen molar-refractivity contribution < 1.29 is 14.6 Å². The van der Waals surface area contributed by atoms with Crippen LogP contribution in [0.25, 0.3) is 10.9 Å². The van der Waals surface area contributed by atoms with Crippen molar-refractivity contribution in [1.82, 2.24) is 10.3 Å². The first kappa shape index (κ1) is 22.1. The maximum atomic E-state index is 12.0. The van der Waals surface area contributed by atoms with E-state index in [1.807, 2.05) is 60.8 Å². The van der Waals surface area contributed by atoms with Gasteiger partial charge < -0.3 is 14.8 Å². The summed E-state index contributed by atoms with van der Waals surface area (Å²) in [6.07, 6.45) is 2.27. The summed E-state index contributed by atoms with van der Waals surface area (Å²) in [6.45, 7) is 2.88. The standard InChI is InChI=1S/C26H25BrN2O3/c1-17-5-4-6-18(11-17)16-32-25-10-9-21(27)12-20(25)15-29-24(26(30)31)13-19-14-28-23-8-3-2-7-22(19)23/h2-12,14,24,28-29H,13,15-16H2,1H3,(H,30,31)/t24-/m1/s1. The third-order valence-corrected chi connectivity index (χ3v) is 5.93. The normalized spacial score (nSPS) is 12.1. The molecule has 4 aromatic rings. The van der Waals surface area contributed by atoms with E-state index in [4.69, 9.17) is 4.74 Å². The topological polar surface area (TPSA) is 74.3 Å². The Morgan fingerprint density at radius 2 is 1.94 bits per heavy atom. The molecule has 0 spiro atoms. The van der Waals surface area contributed by atoms with E-state index in [0.29, 0.717) is 19.6 Å². The van der Waals surface area contributed by atoms with Crippen molar-refractivity contribution in [3.8, 4) is 5.75 Å². The molecule has 3 N–H and O–H groups in total. The van der Waals surface area contributed by atoms with Gasteiger partial charge in [0.1, 0.15) is 18.4 Å². The highest BCUT2D eigenvalue weighted by atomic mass is 79.9. The van der Waals surface area contributed by atoms with Gasteiger partial charge >= 0.3 is 5.97 Å². The van der Waals surface area contributed by atoms with Gasteiger partial charge in [-0.25, -0.2) is 0 Å². The number of carboxylic acids is 1. The molecule has 0 amide bonds. The Balaban J connectivity index is 1.47. The molecule has 0 saturated carbocycles. The lowest BCUT2D eigenvalue weighted by Crippen LogP contribution is -2.38. The highest BCUT2D eigenvalue weighted by Crippen LogP contribution is 2.25. The number of hydrogen-bond donors (Lipinski definition) is 3. The minimum absolute atomic E-state index is 0.377. The molecule has 1 atom stereocenters. The smallest absolute Gasteiger partial charge is 0.321 e. The van der Waals surface area contributed by atoms with Gasteiger partial charge in [0.2, 0.25) is 0 Å². The summed E-state index contributed by atoms with van der Waals surface area (Å²) in [5, 5.41) is 14.1. The van der Waals surface area contributed by atoms with Crippen LogP contribution in [-0.4, -0.2) is 22.1 Å². The fraction of sp³-hybridized carbons (Fsp3) is 0.192. The predicted octanol–water partition coefficient (Wildman–Crippen LogP) is 5.60. The van der Waals surface area contributed by atoms with Crippen LogP contribution in [-0.2, 0) is 24.4 Å². The number of nitrogens with one attached hydrogen (secondary N) is 2. The monoisotopic (exact) mass is 492 g/mol. The van der Waals surface area contributed by atoms with Crippen LogP contribution >= 0.6 is 15.9 Å². The quantitative estimate of drug-likeness (QED) is 0.284. The summed E-state index contributed by atoms with van der Waals surface area (Å²) < 4.78 is 6.99. The van der Waals surface area contributed by atoms with Crippen LogP contribution in [0.2, 0.25) is 0 Å². The van der Waals surface area contributed by atoms with E-state index in [1.165, 1.54) is 5.56 Å². The molecule has 5 nitrogen and oxygen atoms in total. The van der Waals surface area contributed by atoms with Crippen LogP contribution in [0.5, 0.6) is 5.75 Å². The summed E-state index contributed by atoms with van der Waals surface area (Å²) in [6, 6.07) is 21.2. The van der Waals surface area contributed by atoms with Crippen molar-refractivity contribution in [2.75, 3.05) is 0 Å². The van der Waals surface area contributed by atoms with Crippen molar-refractivity contribution >= 4 is 32.8 Å². The Hall–Kier alpha value is -3.09. The zero-order chi connectivity index (χ0) is 22.5. The Morgan fingerprint density at radius 3 is 2.75 bits per heavy atom. The Bertz CT molecular complexity index is 1230. The fourth-order valence-corrected chi connectivity index (χ4v) is 4.20. The third-order valence-electron chi connectivity index (χ3n) is 5.44. The molecule has 32 heavy (non-hydrogen) atoms. The van der Waals surface area contributed by atoms with E-state index in [1.54, 1.807) is 0 Å². The number of benzene rings is 3. The summed E-state index contributed by atoms with van der Waals surface area (Å²) in [4.78, 5) is 15.2. The number of aromatic amines is 1. The average Bonchev–Trinajstić information content (AvgIpc) is 3.18. The number of halogens is 1. The first-order valence-electron chi connectivity index (χ1n) is 10.5. The lowest BCUT2D eigenvalue weighted by atomic mass is 10.0. The second-order valence-electron chi connectivity index (χ2n) is 7.87. The van der Waals surface area contributed by atoms with Gasteiger partial charge in [-0.2, -0.15) is 0 Å². The van der Waals surface area contributed by atoms with Gasteiger partial charge in [0.15, 0.2) is 0 Å². The molecule has 0 aliphatic carbocycles. The van der Waals surface area contributed by atoms with E-state index < -0.39 is 12.0 Å². The third kappa shape index (κ3) is 5.39. The number of rotatable bonds is 9. The number of H-pyrrole nitrogens is 1. The second kappa shape index (κ2) is 10.0. The molecule has 164 valence electrons. The van der Waals surface area contributed by atoms with Crippen molar-refractivity contribution in [2.45, 2.75) is 32.5 Å². The van der Waals surface area contributed by atoms with Crippen LogP contribution < -0.4 is 10.1 Å². The van der Waals surface area contributed by atoms with Gasteiger partial charge in [-0.15, -0.1) is 0 Å². The molecule has 0 radical (unpaired) electrons. The van der Waals surface area contributed by atoms with Crippen molar-refractivity contribution in [3.05, 3.63) is 99.7 Å². The van der Waals surface area contributed by atoms with Crippen LogP contribution in [0, 0.1) is 6.92 Å². The molecule has 1 aromatic heterocycles. The molecule has 3 aromatic carbocycles. The number of aryl methyl sites for hydroxylation is 1. The van der Waals surface area contributed by atoms with E-state index in [2.05, 4.69) is 45.3 Å². The molecule has 0 aliphatic heterocycles. The highest BCUT2D eigenvalue weighted by Gasteiger charge is 2.20. The maximum absolute atomic E-state index is 12.0. The molecular weight excluding hydrogens is 468 g/mol. The lowest BCUT2D eigenvalue weighted by Gasteiger charge is -2.17. The first-order valence-corrected chi connectivity index (χ1v) is 11.3. The van der Waals surface area contributed by atoms with Gasteiger partial charge in [0.25, 0.3) is 0 Å². The van der Waals surface area contributed by atoms with Crippen molar-refractivity contribution in [3.63, 3.8) is 0 Å². The number of carbonyl (C=O) groups is 1. The van der Waals surface area contributed by atoms with Crippen LogP contribution in [0.15, 0.2) is 77.4 Å². The summed E-state index contributed by atoms with van der Waals surface area (Å²) >= 11 is 3.51. The van der Waals surface area contributed by atoms with Gasteiger partial charge in [0.05, 0.1) is 0 Å². The SMILES string of the molecule is Cc1cccc(COc2ccc(Br)cc2CN[C@H](Cc2c[nH]c3ccccc23)C(=O)O)c1. The molecule has 4 rings (SSSR count). The molecule has 0 fully saturated rings. The Morgan fingerprint density at radius 1 is 1.09 bits per heavy atom. The highest BCUT2D eigenvalue weighted by molar-refractivity contribution is 9.10. The van der Waals surface area contributed by atoms with Gasteiger partial charge in [-0.1, -0.05) is 64.0 Å². The summed E-state index contributed by atoms with van der Waals surface area (Å²) in [5.74, 6) is -0.147. The first-order chi connectivity index (χ1) is 15.5. The number of aromatic nitrogens is 1. The zero-order valence-corrected chi connectivity index (χ0v) is 19.4. The summed E-state index contributed by atoms with van der Waals surface area (Å²) in [5.41, 5.74) is 5.16. The summed E-state index contributed by atoms with van der Waals surface area (Å²) in [7, 11) is 0.